The normalized spacial score (nSPS) is 17.6. The molecule has 0 saturated carbocycles. The van der Waals surface area contributed by atoms with Gasteiger partial charge in [0.25, 0.3) is 0 Å². The first-order chi connectivity index (χ1) is 13.2. The number of hydrogen-bond acceptors (Lipinski definition) is 5. The van der Waals surface area contributed by atoms with Gasteiger partial charge in [0.1, 0.15) is 12.7 Å². The molecule has 7 heteroatoms. The van der Waals surface area contributed by atoms with Crippen molar-refractivity contribution < 1.29 is 9.53 Å². The molecule has 2 aromatic rings. The molecule has 27 heavy (non-hydrogen) atoms. The van der Waals surface area contributed by atoms with E-state index < -0.39 is 0 Å². The van der Waals surface area contributed by atoms with E-state index in [-0.39, 0.29) is 11.8 Å². The Balaban J connectivity index is 1.69. The van der Waals surface area contributed by atoms with Gasteiger partial charge < -0.3 is 4.74 Å². The van der Waals surface area contributed by atoms with Crippen molar-refractivity contribution in [2.45, 2.75) is 19.3 Å². The van der Waals surface area contributed by atoms with E-state index in [9.17, 15) is 4.79 Å². The van der Waals surface area contributed by atoms with Crippen LogP contribution in [0.15, 0.2) is 60.8 Å². The first kappa shape index (κ1) is 17.8. The molecule has 0 atom stereocenters. The van der Waals surface area contributed by atoms with E-state index in [4.69, 9.17) is 17.0 Å². The van der Waals surface area contributed by atoms with Gasteiger partial charge in [-0.15, -0.1) is 10.2 Å². The summed E-state index contributed by atoms with van der Waals surface area (Å²) >= 11 is 5.56. The van der Waals surface area contributed by atoms with Crippen LogP contribution in [-0.4, -0.2) is 38.7 Å². The van der Waals surface area contributed by atoms with E-state index >= 15 is 0 Å². The quantitative estimate of drug-likeness (QED) is 0.762. The van der Waals surface area contributed by atoms with Crippen LogP contribution in [0.2, 0.25) is 0 Å². The SMILES string of the molecule is O=C(C1CCOCC1)N(C1=CC=CCC1=S)c1ccc(-n2cnnc2)cc1. The molecule has 1 aliphatic carbocycles. The monoisotopic (exact) mass is 380 g/mol. The molecule has 2 aliphatic rings. The number of ether oxygens (including phenoxy) is 1. The van der Waals surface area contributed by atoms with Crippen LogP contribution in [-0.2, 0) is 9.53 Å². The third-order valence-corrected chi connectivity index (χ3v) is 5.21. The number of nitrogens with zero attached hydrogens (tertiary/aromatic N) is 4. The standard InChI is InChI=1S/C20H20N4O2S/c25-20(15-9-11-26-12-10-15)24(18-3-1-2-4-19(18)27)17-7-5-16(6-8-17)23-13-21-22-14-23/h1-3,5-8,13-15H,4,9-12H2. The first-order valence-corrected chi connectivity index (χ1v) is 9.41. The van der Waals surface area contributed by atoms with Crippen molar-refractivity contribution in [3.05, 3.63) is 60.8 Å². The Morgan fingerprint density at radius 1 is 1.15 bits per heavy atom. The number of amides is 1. The third-order valence-electron chi connectivity index (χ3n) is 4.84. The number of aromatic nitrogens is 3. The fraction of sp³-hybridized carbons (Fsp3) is 0.300. The van der Waals surface area contributed by atoms with Crippen LogP contribution in [0.1, 0.15) is 19.3 Å². The number of hydrogen-bond donors (Lipinski definition) is 0. The van der Waals surface area contributed by atoms with Gasteiger partial charge in [-0.25, -0.2) is 0 Å². The third kappa shape index (κ3) is 3.74. The molecule has 0 spiro atoms. The van der Waals surface area contributed by atoms with Crippen molar-refractivity contribution in [2.75, 3.05) is 18.1 Å². The Hall–Kier alpha value is -2.64. The average Bonchev–Trinajstić information content (AvgIpc) is 3.26. The molecule has 1 aromatic carbocycles. The van der Waals surface area contributed by atoms with Crippen molar-refractivity contribution >= 4 is 28.7 Å². The van der Waals surface area contributed by atoms with Crippen molar-refractivity contribution in [3.63, 3.8) is 0 Å². The lowest BCUT2D eigenvalue weighted by molar-refractivity contribution is -0.124. The van der Waals surface area contributed by atoms with E-state index in [1.165, 1.54) is 0 Å². The molecular formula is C20H20N4O2S. The van der Waals surface area contributed by atoms with E-state index in [0.29, 0.717) is 19.6 Å². The highest BCUT2D eigenvalue weighted by atomic mass is 32.1. The molecular weight excluding hydrogens is 360 g/mol. The summed E-state index contributed by atoms with van der Waals surface area (Å²) in [6.45, 7) is 1.25. The van der Waals surface area contributed by atoms with Crippen molar-refractivity contribution in [2.24, 2.45) is 5.92 Å². The molecule has 1 saturated heterocycles. The second-order valence-corrected chi connectivity index (χ2v) is 7.05. The zero-order valence-electron chi connectivity index (χ0n) is 14.8. The van der Waals surface area contributed by atoms with Crippen LogP contribution in [0.25, 0.3) is 5.69 Å². The summed E-state index contributed by atoms with van der Waals surface area (Å²) in [6, 6.07) is 7.78. The van der Waals surface area contributed by atoms with Crippen molar-refractivity contribution in [1.29, 1.82) is 0 Å². The lowest BCUT2D eigenvalue weighted by Crippen LogP contribution is -2.40. The highest BCUT2D eigenvalue weighted by molar-refractivity contribution is 7.80. The fourth-order valence-electron chi connectivity index (χ4n) is 3.35. The number of carbonyl (C=O) groups is 1. The molecule has 1 aromatic heterocycles. The number of allylic oxidation sites excluding steroid dienone is 4. The number of carbonyl (C=O) groups excluding carboxylic acids is 1. The van der Waals surface area contributed by atoms with Crippen LogP contribution >= 0.6 is 12.2 Å². The zero-order chi connectivity index (χ0) is 18.6. The minimum atomic E-state index is -0.0501. The van der Waals surface area contributed by atoms with Gasteiger partial charge >= 0.3 is 0 Å². The summed E-state index contributed by atoms with van der Waals surface area (Å²) in [5.74, 6) is 0.0325. The Bertz CT molecular complexity index is 881. The van der Waals surface area contributed by atoms with Crippen molar-refractivity contribution in [1.82, 2.24) is 14.8 Å². The van der Waals surface area contributed by atoms with Crippen LogP contribution < -0.4 is 4.90 Å². The molecule has 1 amide bonds. The summed E-state index contributed by atoms with van der Waals surface area (Å²) in [4.78, 5) is 15.9. The molecule has 0 bridgehead atoms. The zero-order valence-corrected chi connectivity index (χ0v) is 15.6. The van der Waals surface area contributed by atoms with Gasteiger partial charge in [-0.2, -0.15) is 0 Å². The molecule has 1 fully saturated rings. The van der Waals surface area contributed by atoms with Crippen LogP contribution in [0.3, 0.4) is 0 Å². The van der Waals surface area contributed by atoms with Gasteiger partial charge in [-0.3, -0.25) is 14.3 Å². The molecule has 138 valence electrons. The van der Waals surface area contributed by atoms with Crippen LogP contribution in [0, 0.1) is 5.92 Å². The molecule has 2 heterocycles. The average molecular weight is 380 g/mol. The molecule has 0 unspecified atom stereocenters. The van der Waals surface area contributed by atoms with Crippen LogP contribution in [0.5, 0.6) is 0 Å². The predicted molar refractivity (Wildman–Crippen MR) is 107 cm³/mol. The Morgan fingerprint density at radius 3 is 2.52 bits per heavy atom. The molecule has 6 nitrogen and oxygen atoms in total. The number of anilines is 1. The highest BCUT2D eigenvalue weighted by Gasteiger charge is 2.31. The van der Waals surface area contributed by atoms with Gasteiger partial charge in [0, 0.05) is 41.8 Å². The summed E-state index contributed by atoms with van der Waals surface area (Å²) in [7, 11) is 0. The number of benzene rings is 1. The Kier molecular flexibility index (Phi) is 5.22. The highest BCUT2D eigenvalue weighted by Crippen LogP contribution is 2.29. The van der Waals surface area contributed by atoms with E-state index in [0.717, 1.165) is 34.8 Å². The molecule has 4 rings (SSSR count). The van der Waals surface area contributed by atoms with Gasteiger partial charge in [0.2, 0.25) is 5.91 Å². The minimum Gasteiger partial charge on any atom is -0.381 e. The van der Waals surface area contributed by atoms with Gasteiger partial charge in [-0.1, -0.05) is 24.4 Å². The predicted octanol–water partition coefficient (Wildman–Crippen LogP) is 3.24. The van der Waals surface area contributed by atoms with Gasteiger partial charge in [0.15, 0.2) is 0 Å². The fourth-order valence-corrected chi connectivity index (χ4v) is 3.61. The summed E-state index contributed by atoms with van der Waals surface area (Å²) in [6.07, 6.45) is 11.3. The smallest absolute Gasteiger partial charge is 0.234 e. The van der Waals surface area contributed by atoms with Gasteiger partial charge in [-0.05, 0) is 43.2 Å². The van der Waals surface area contributed by atoms with E-state index in [1.807, 2.05) is 47.1 Å². The second-order valence-electron chi connectivity index (χ2n) is 6.55. The lowest BCUT2D eigenvalue weighted by atomic mass is 9.97. The summed E-state index contributed by atoms with van der Waals surface area (Å²) in [5, 5.41) is 7.66. The Morgan fingerprint density at radius 2 is 1.85 bits per heavy atom. The van der Waals surface area contributed by atoms with E-state index in [2.05, 4.69) is 10.2 Å². The molecule has 0 radical (unpaired) electrons. The summed E-state index contributed by atoms with van der Waals surface area (Å²) in [5.41, 5.74) is 2.54. The number of rotatable bonds is 4. The Labute approximate surface area is 163 Å². The topological polar surface area (TPSA) is 60.2 Å². The first-order valence-electron chi connectivity index (χ1n) is 9.01. The minimum absolute atomic E-state index is 0.0501. The molecule has 0 N–H and O–H groups in total. The molecule has 1 aliphatic heterocycles. The van der Waals surface area contributed by atoms with Crippen molar-refractivity contribution in [3.8, 4) is 5.69 Å². The maximum Gasteiger partial charge on any atom is 0.234 e. The number of thiocarbonyl (C=S) groups is 1. The van der Waals surface area contributed by atoms with Gasteiger partial charge in [0.05, 0.1) is 5.70 Å². The maximum absolute atomic E-state index is 13.4. The largest absolute Gasteiger partial charge is 0.381 e. The van der Waals surface area contributed by atoms with Crippen LogP contribution in [0.4, 0.5) is 5.69 Å². The summed E-state index contributed by atoms with van der Waals surface area (Å²) < 4.78 is 7.24. The lowest BCUT2D eigenvalue weighted by Gasteiger charge is -2.32. The second kappa shape index (κ2) is 7.94. The maximum atomic E-state index is 13.4. The van der Waals surface area contributed by atoms with E-state index in [1.54, 1.807) is 17.6 Å².